The van der Waals surface area contributed by atoms with E-state index in [0.29, 0.717) is 12.1 Å². The lowest BCUT2D eigenvalue weighted by atomic mass is 9.83. The summed E-state index contributed by atoms with van der Waals surface area (Å²) in [6.07, 6.45) is 9.56. The topological polar surface area (TPSA) is 24.4 Å². The highest BCUT2D eigenvalue weighted by atomic mass is 32.2. The standard InChI is InChI=1S/C14H26N2S/c1-3-12-10-17-14(15-12)16-13(4-2)11-8-6-5-7-9-11/h11-13H,3-10H2,1-2H3,(H,15,16). The lowest BCUT2D eigenvalue weighted by molar-refractivity contribution is 0.284. The number of aliphatic imine (C=N–C) groups is 1. The highest BCUT2D eigenvalue weighted by Gasteiger charge is 2.25. The van der Waals surface area contributed by atoms with Crippen LogP contribution < -0.4 is 5.32 Å². The van der Waals surface area contributed by atoms with Crippen molar-refractivity contribution in [3.05, 3.63) is 0 Å². The summed E-state index contributed by atoms with van der Waals surface area (Å²) < 4.78 is 0. The number of rotatable bonds is 4. The molecule has 0 aromatic heterocycles. The quantitative estimate of drug-likeness (QED) is 0.825. The third kappa shape index (κ3) is 3.64. The maximum atomic E-state index is 4.76. The Hall–Kier alpha value is -0.180. The highest BCUT2D eigenvalue weighted by Crippen LogP contribution is 2.29. The van der Waals surface area contributed by atoms with E-state index in [-0.39, 0.29) is 0 Å². The lowest BCUT2D eigenvalue weighted by Gasteiger charge is -2.30. The average Bonchev–Trinajstić information content (AvgIpc) is 2.84. The van der Waals surface area contributed by atoms with Crippen LogP contribution in [0.5, 0.6) is 0 Å². The molecule has 0 aromatic carbocycles. The first-order chi connectivity index (χ1) is 8.33. The van der Waals surface area contributed by atoms with Gasteiger partial charge in [0.1, 0.15) is 0 Å². The fourth-order valence-corrected chi connectivity index (χ4v) is 4.07. The maximum Gasteiger partial charge on any atom is 0.157 e. The van der Waals surface area contributed by atoms with E-state index in [1.54, 1.807) is 0 Å². The van der Waals surface area contributed by atoms with Gasteiger partial charge in [0.2, 0.25) is 0 Å². The van der Waals surface area contributed by atoms with Crippen molar-refractivity contribution in [2.45, 2.75) is 70.9 Å². The molecular formula is C14H26N2S. The molecule has 1 fully saturated rings. The Morgan fingerprint density at radius 2 is 2.06 bits per heavy atom. The number of thioether (sulfide) groups is 1. The molecular weight excluding hydrogens is 228 g/mol. The summed E-state index contributed by atoms with van der Waals surface area (Å²) in [5.74, 6) is 2.07. The minimum absolute atomic E-state index is 0.561. The highest BCUT2D eigenvalue weighted by molar-refractivity contribution is 8.14. The van der Waals surface area contributed by atoms with Crippen molar-refractivity contribution in [1.29, 1.82) is 0 Å². The van der Waals surface area contributed by atoms with Crippen LogP contribution >= 0.6 is 11.8 Å². The molecule has 0 radical (unpaired) electrons. The minimum Gasteiger partial charge on any atom is -0.362 e. The predicted molar refractivity (Wildman–Crippen MR) is 77.8 cm³/mol. The molecule has 1 heterocycles. The third-order valence-electron chi connectivity index (χ3n) is 4.15. The van der Waals surface area contributed by atoms with Crippen LogP contribution in [0.2, 0.25) is 0 Å². The molecule has 2 rings (SSSR count). The van der Waals surface area contributed by atoms with Crippen LogP contribution in [0.15, 0.2) is 4.99 Å². The van der Waals surface area contributed by atoms with E-state index in [4.69, 9.17) is 4.99 Å². The number of hydrogen-bond acceptors (Lipinski definition) is 3. The molecule has 0 bridgehead atoms. The Kier molecular flexibility index (Phi) is 5.20. The minimum atomic E-state index is 0.561. The molecule has 98 valence electrons. The summed E-state index contributed by atoms with van der Waals surface area (Å²) in [5, 5.41) is 4.93. The van der Waals surface area contributed by atoms with Crippen molar-refractivity contribution in [3.8, 4) is 0 Å². The van der Waals surface area contributed by atoms with Crippen LogP contribution in [0.1, 0.15) is 58.8 Å². The molecule has 1 aliphatic carbocycles. The summed E-state index contributed by atoms with van der Waals surface area (Å²) in [6.45, 7) is 4.54. The van der Waals surface area contributed by atoms with Gasteiger partial charge in [0.15, 0.2) is 5.17 Å². The van der Waals surface area contributed by atoms with Crippen LogP contribution in [0.4, 0.5) is 0 Å². The Morgan fingerprint density at radius 1 is 1.29 bits per heavy atom. The maximum absolute atomic E-state index is 4.76. The van der Waals surface area contributed by atoms with Crippen molar-refractivity contribution >= 4 is 16.9 Å². The summed E-state index contributed by atoms with van der Waals surface area (Å²) in [4.78, 5) is 4.76. The van der Waals surface area contributed by atoms with Crippen molar-refractivity contribution in [1.82, 2.24) is 5.32 Å². The van der Waals surface area contributed by atoms with Gasteiger partial charge in [-0.3, -0.25) is 4.99 Å². The van der Waals surface area contributed by atoms with E-state index in [9.17, 15) is 0 Å². The van der Waals surface area contributed by atoms with Crippen molar-refractivity contribution in [2.75, 3.05) is 5.75 Å². The summed E-state index contributed by atoms with van der Waals surface area (Å²) in [7, 11) is 0. The fourth-order valence-electron chi connectivity index (χ4n) is 2.95. The van der Waals surface area contributed by atoms with E-state index >= 15 is 0 Å². The Labute approximate surface area is 110 Å². The molecule has 0 saturated heterocycles. The van der Waals surface area contributed by atoms with Gasteiger partial charge in [-0.05, 0) is 31.6 Å². The van der Waals surface area contributed by atoms with Crippen molar-refractivity contribution < 1.29 is 0 Å². The van der Waals surface area contributed by atoms with E-state index in [1.165, 1.54) is 55.9 Å². The van der Waals surface area contributed by atoms with Crippen molar-refractivity contribution in [3.63, 3.8) is 0 Å². The van der Waals surface area contributed by atoms with Gasteiger partial charge < -0.3 is 5.32 Å². The Balaban J connectivity index is 1.86. The Bertz CT molecular complexity index is 259. The van der Waals surface area contributed by atoms with Crippen LogP contribution in [0, 0.1) is 5.92 Å². The van der Waals surface area contributed by atoms with E-state index in [2.05, 4.69) is 19.2 Å². The third-order valence-corrected chi connectivity index (χ3v) is 5.20. The zero-order valence-corrected chi connectivity index (χ0v) is 12.1. The largest absolute Gasteiger partial charge is 0.362 e. The first-order valence-electron chi connectivity index (χ1n) is 7.30. The zero-order chi connectivity index (χ0) is 12.1. The molecule has 2 nitrogen and oxygen atoms in total. The smallest absolute Gasteiger partial charge is 0.157 e. The SMILES string of the molecule is CCC1CSC(NC(CC)C2CCCCC2)=N1. The molecule has 1 N–H and O–H groups in total. The first kappa shape index (κ1) is 13.3. The number of nitrogens with zero attached hydrogens (tertiary/aromatic N) is 1. The van der Waals surface area contributed by atoms with Crippen LogP contribution in [-0.2, 0) is 0 Å². The summed E-state index contributed by atoms with van der Waals surface area (Å²) in [5.41, 5.74) is 0. The zero-order valence-electron chi connectivity index (χ0n) is 11.2. The molecule has 1 saturated carbocycles. The van der Waals surface area contributed by atoms with Gasteiger partial charge in [-0.1, -0.05) is 44.9 Å². The van der Waals surface area contributed by atoms with E-state index < -0.39 is 0 Å². The molecule has 17 heavy (non-hydrogen) atoms. The Morgan fingerprint density at radius 3 is 2.65 bits per heavy atom. The van der Waals surface area contributed by atoms with E-state index in [1.807, 2.05) is 11.8 Å². The van der Waals surface area contributed by atoms with Crippen LogP contribution in [0.3, 0.4) is 0 Å². The van der Waals surface area contributed by atoms with Gasteiger partial charge in [-0.2, -0.15) is 0 Å². The normalized spacial score (nSPS) is 27.9. The van der Waals surface area contributed by atoms with Gasteiger partial charge in [-0.15, -0.1) is 0 Å². The fraction of sp³-hybridized carbons (Fsp3) is 0.929. The van der Waals surface area contributed by atoms with Gasteiger partial charge in [0.25, 0.3) is 0 Å². The van der Waals surface area contributed by atoms with Crippen LogP contribution in [0.25, 0.3) is 0 Å². The molecule has 2 unspecified atom stereocenters. The van der Waals surface area contributed by atoms with Crippen LogP contribution in [-0.4, -0.2) is 23.0 Å². The van der Waals surface area contributed by atoms with Crippen molar-refractivity contribution in [2.24, 2.45) is 10.9 Å². The summed E-state index contributed by atoms with van der Waals surface area (Å²) in [6, 6.07) is 1.23. The lowest BCUT2D eigenvalue weighted by Crippen LogP contribution is -2.39. The van der Waals surface area contributed by atoms with Gasteiger partial charge in [0, 0.05) is 11.8 Å². The van der Waals surface area contributed by atoms with Gasteiger partial charge in [-0.25, -0.2) is 0 Å². The van der Waals surface area contributed by atoms with E-state index in [0.717, 1.165) is 5.92 Å². The van der Waals surface area contributed by atoms with Gasteiger partial charge >= 0.3 is 0 Å². The molecule has 3 heteroatoms. The molecule has 1 aliphatic heterocycles. The molecule has 0 spiro atoms. The monoisotopic (exact) mass is 254 g/mol. The number of nitrogens with one attached hydrogen (secondary N) is 1. The average molecular weight is 254 g/mol. The predicted octanol–water partition coefficient (Wildman–Crippen LogP) is 3.82. The first-order valence-corrected chi connectivity index (χ1v) is 8.29. The molecule has 2 aliphatic rings. The second kappa shape index (κ2) is 6.67. The van der Waals surface area contributed by atoms with Gasteiger partial charge in [0.05, 0.1) is 6.04 Å². The molecule has 0 aromatic rings. The number of hydrogen-bond donors (Lipinski definition) is 1. The summed E-state index contributed by atoms with van der Waals surface area (Å²) >= 11 is 1.92. The second-order valence-electron chi connectivity index (χ2n) is 5.36. The molecule has 0 amide bonds. The number of amidine groups is 1. The molecule has 2 atom stereocenters. The second-order valence-corrected chi connectivity index (χ2v) is 6.37.